The fourth-order valence-electron chi connectivity index (χ4n) is 6.13. The fourth-order valence-corrected chi connectivity index (χ4v) is 6.13. The molecule has 2 atom stereocenters. The molecule has 8 rings (SSSR count). The van der Waals surface area contributed by atoms with Crippen LogP contribution >= 0.6 is 0 Å². The lowest BCUT2D eigenvalue weighted by Gasteiger charge is -2.34. The Kier molecular flexibility index (Phi) is 13.5. The first kappa shape index (κ1) is 38.4. The van der Waals surface area contributed by atoms with Gasteiger partial charge in [0.1, 0.15) is 17.9 Å². The summed E-state index contributed by atoms with van der Waals surface area (Å²) < 4.78 is 4.79. The second kappa shape index (κ2) is 18.6. The number of alkyl carbamates (subject to hydrolysis) is 1. The highest BCUT2D eigenvalue weighted by Gasteiger charge is 2.28. The number of nitrogen functional groups attached to an aromatic ring is 1. The monoisotopic (exact) mass is 725 g/mol. The maximum Gasteiger partial charge on any atom is 0.407 e. The van der Waals surface area contributed by atoms with Crippen molar-refractivity contribution in [3.63, 3.8) is 0 Å². The molecular weight excluding hydrogens is 678 g/mol. The van der Waals surface area contributed by atoms with Crippen molar-refractivity contribution in [3.8, 4) is 0 Å². The first-order valence-electron chi connectivity index (χ1n) is 17.6. The van der Waals surface area contributed by atoms with E-state index in [1.165, 1.54) is 7.11 Å². The molecule has 8 N–H and O–H groups in total. The number of ether oxygens (including phenoxy) is 1. The number of nitrogens with two attached hydrogens (primary N) is 1. The van der Waals surface area contributed by atoms with E-state index in [9.17, 15) is 24.0 Å². The molecule has 5 aliphatic rings. The summed E-state index contributed by atoms with van der Waals surface area (Å²) in [7, 11) is 1.19. The summed E-state index contributed by atoms with van der Waals surface area (Å²) in [5, 5.41) is 21.7. The number of rotatable bonds is 5. The van der Waals surface area contributed by atoms with Gasteiger partial charge in [-0.15, -0.1) is 0 Å². The van der Waals surface area contributed by atoms with E-state index in [1.54, 1.807) is 72.8 Å². The molecule has 1 saturated heterocycles. The van der Waals surface area contributed by atoms with Gasteiger partial charge in [-0.25, -0.2) is 4.79 Å². The first-order valence-corrected chi connectivity index (χ1v) is 17.6. The highest BCUT2D eigenvalue weighted by Crippen LogP contribution is 2.15. The summed E-state index contributed by atoms with van der Waals surface area (Å²) in [6.07, 6.45) is 0.0277. The zero-order valence-electron chi connectivity index (χ0n) is 29.8. The number of fused-ring (bicyclic) bond motifs is 3. The quantitative estimate of drug-likeness (QED) is 0.150. The van der Waals surface area contributed by atoms with Crippen molar-refractivity contribution in [3.05, 3.63) is 95.1 Å². The Morgan fingerprint density at radius 1 is 0.774 bits per heavy atom. The molecule has 0 radical (unpaired) electrons. The van der Waals surface area contributed by atoms with Gasteiger partial charge in [0.15, 0.2) is 0 Å². The number of methoxy groups -OCH3 is 1. The lowest BCUT2D eigenvalue weighted by atomic mass is 10.0. The Balaban J connectivity index is 1.36. The van der Waals surface area contributed by atoms with Gasteiger partial charge in [0.2, 0.25) is 23.6 Å². The van der Waals surface area contributed by atoms with Crippen LogP contribution in [0.3, 0.4) is 0 Å². The predicted molar refractivity (Wildman–Crippen MR) is 200 cm³/mol. The SMILES string of the molecule is COC(=O)N[C@@H]1Cc2ccc(cc2)NC(=O)CCN2CCN(CCC(=O)Nc3ccc(cc3)C[C@@H](C(=O)NCc3ccc(C(=N)N)cc3)NC1=O)CC2. The molecule has 15 nitrogen and oxygen atoms in total. The van der Waals surface area contributed by atoms with Gasteiger partial charge >= 0.3 is 6.09 Å². The largest absolute Gasteiger partial charge is 0.453 e. The van der Waals surface area contributed by atoms with Crippen LogP contribution in [-0.4, -0.2) is 104 Å². The van der Waals surface area contributed by atoms with Crippen LogP contribution in [0.1, 0.15) is 35.1 Å². The van der Waals surface area contributed by atoms with Crippen LogP contribution in [0.2, 0.25) is 0 Å². The number of carbonyl (C=O) groups excluding carboxylic acids is 5. The van der Waals surface area contributed by atoms with Crippen molar-refractivity contribution in [2.45, 2.75) is 44.3 Å². The van der Waals surface area contributed by atoms with Crippen LogP contribution in [0.5, 0.6) is 0 Å². The van der Waals surface area contributed by atoms with E-state index in [4.69, 9.17) is 15.9 Å². The Morgan fingerprint density at radius 2 is 1.28 bits per heavy atom. The minimum atomic E-state index is -1.10. The molecule has 6 bridgehead atoms. The number of amides is 5. The highest BCUT2D eigenvalue weighted by molar-refractivity contribution is 5.95. The van der Waals surface area contributed by atoms with Crippen LogP contribution in [-0.2, 0) is 43.3 Å². The van der Waals surface area contributed by atoms with E-state index in [0.717, 1.165) is 37.3 Å². The van der Waals surface area contributed by atoms with Crippen LogP contribution in [0, 0.1) is 5.41 Å². The number of hydrogen-bond acceptors (Lipinski definition) is 9. The molecule has 3 aromatic carbocycles. The average Bonchev–Trinajstić information content (AvgIpc) is 3.16. The molecule has 0 saturated carbocycles. The number of piperazine rings is 1. The molecule has 0 unspecified atom stereocenters. The smallest absolute Gasteiger partial charge is 0.407 e. The summed E-state index contributed by atoms with van der Waals surface area (Å²) in [6.45, 7) is 4.65. The molecular formula is C38H47N9O6. The topological polar surface area (TPSA) is 211 Å². The predicted octanol–water partition coefficient (Wildman–Crippen LogP) is 1.57. The molecule has 53 heavy (non-hydrogen) atoms. The Hall–Kier alpha value is -5.80. The number of amidine groups is 1. The molecule has 0 aromatic heterocycles. The van der Waals surface area contributed by atoms with Crippen molar-refractivity contribution >= 4 is 46.9 Å². The van der Waals surface area contributed by atoms with Gasteiger partial charge in [-0.2, -0.15) is 0 Å². The summed E-state index contributed by atoms with van der Waals surface area (Å²) in [4.78, 5) is 69.8. The van der Waals surface area contributed by atoms with Crippen molar-refractivity contribution in [2.75, 3.05) is 57.0 Å². The minimum absolute atomic E-state index is 0.0687. The van der Waals surface area contributed by atoms with E-state index in [1.807, 2.05) is 0 Å². The van der Waals surface area contributed by atoms with Crippen molar-refractivity contribution in [1.29, 1.82) is 5.41 Å². The molecule has 5 amide bonds. The molecule has 15 heteroatoms. The summed E-state index contributed by atoms with van der Waals surface area (Å²) in [5.74, 6) is -1.37. The third-order valence-electron chi connectivity index (χ3n) is 9.29. The van der Waals surface area contributed by atoms with Gasteiger partial charge in [-0.1, -0.05) is 48.5 Å². The zero-order chi connectivity index (χ0) is 37.7. The average molecular weight is 726 g/mol. The third-order valence-corrected chi connectivity index (χ3v) is 9.29. The number of nitrogens with one attached hydrogen (secondary N) is 6. The second-order valence-corrected chi connectivity index (χ2v) is 13.2. The second-order valence-electron chi connectivity index (χ2n) is 13.2. The van der Waals surface area contributed by atoms with Crippen molar-refractivity contribution in [1.82, 2.24) is 25.8 Å². The number of carbonyl (C=O) groups is 5. The van der Waals surface area contributed by atoms with E-state index in [-0.39, 0.29) is 37.0 Å². The lowest BCUT2D eigenvalue weighted by molar-refractivity contribution is -0.130. The molecule has 0 spiro atoms. The molecule has 280 valence electrons. The van der Waals surface area contributed by atoms with Gasteiger partial charge in [-0.3, -0.25) is 24.6 Å². The number of nitrogens with zero attached hydrogens (tertiary/aromatic N) is 2. The van der Waals surface area contributed by atoms with E-state index < -0.39 is 30.0 Å². The van der Waals surface area contributed by atoms with Crippen molar-refractivity contribution in [2.24, 2.45) is 5.73 Å². The number of benzene rings is 3. The summed E-state index contributed by atoms with van der Waals surface area (Å²) >= 11 is 0. The van der Waals surface area contributed by atoms with Gasteiger partial charge < -0.3 is 46.9 Å². The maximum atomic E-state index is 13.8. The van der Waals surface area contributed by atoms with Crippen LogP contribution in [0.25, 0.3) is 0 Å². The van der Waals surface area contributed by atoms with Gasteiger partial charge in [0.25, 0.3) is 0 Å². The van der Waals surface area contributed by atoms with Crippen LogP contribution in [0.4, 0.5) is 16.2 Å². The van der Waals surface area contributed by atoms with E-state index in [0.29, 0.717) is 48.4 Å². The molecule has 3 aromatic rings. The molecule has 0 aliphatic carbocycles. The van der Waals surface area contributed by atoms with Crippen molar-refractivity contribution < 1.29 is 28.7 Å². The number of hydrogen-bond donors (Lipinski definition) is 7. The van der Waals surface area contributed by atoms with Gasteiger partial charge in [0, 0.05) is 88.4 Å². The van der Waals surface area contributed by atoms with E-state index >= 15 is 0 Å². The fraction of sp³-hybridized carbons (Fsp3) is 0.368. The van der Waals surface area contributed by atoms with Gasteiger partial charge in [-0.05, 0) is 41.0 Å². The third kappa shape index (κ3) is 11.9. The van der Waals surface area contributed by atoms with Crippen LogP contribution < -0.4 is 32.3 Å². The molecule has 1 fully saturated rings. The maximum absolute atomic E-state index is 13.8. The normalized spacial score (nSPS) is 21.5. The number of anilines is 2. The Labute approximate surface area is 308 Å². The Morgan fingerprint density at radius 3 is 1.77 bits per heavy atom. The summed E-state index contributed by atoms with van der Waals surface area (Å²) in [6, 6.07) is 18.8. The Bertz CT molecular complexity index is 1760. The lowest BCUT2D eigenvalue weighted by Crippen LogP contribution is -2.55. The minimum Gasteiger partial charge on any atom is -0.453 e. The molecule has 5 heterocycles. The molecule has 5 aliphatic heterocycles. The summed E-state index contributed by atoms with van der Waals surface area (Å²) in [5.41, 5.74) is 9.51. The van der Waals surface area contributed by atoms with Crippen LogP contribution in [0.15, 0.2) is 72.8 Å². The van der Waals surface area contributed by atoms with E-state index in [2.05, 4.69) is 36.4 Å². The standard InChI is InChI=1S/C38H47N9O6/c1-53-38(52)45-32-23-26-6-12-30(13-7-26)43-34(49)15-17-47-20-18-46(19-21-47)16-14-33(48)42-29-10-4-25(5-11-29)22-31(44-37(32)51)36(50)41-24-27-2-8-28(9-3-27)35(39)40/h2-13,31-32H,14-24H2,1H3,(H3,39,40)(H,41,50)(H,42,48)(H,43,49)(H,44,51)(H,45,52)/t31-,32+/m0/s1. The first-order chi connectivity index (χ1) is 25.5. The highest BCUT2D eigenvalue weighted by atomic mass is 16.5. The zero-order valence-corrected chi connectivity index (χ0v) is 29.8. The van der Waals surface area contributed by atoms with Gasteiger partial charge in [0.05, 0.1) is 7.11 Å².